The third-order valence-electron chi connectivity index (χ3n) is 4.13. The summed E-state index contributed by atoms with van der Waals surface area (Å²) >= 11 is 1.49. The normalized spacial score (nSPS) is 14.7. The maximum absolute atomic E-state index is 12.2. The quantitative estimate of drug-likeness (QED) is 0.767. The summed E-state index contributed by atoms with van der Waals surface area (Å²) in [5, 5.41) is 3.84. The van der Waals surface area contributed by atoms with Crippen molar-refractivity contribution in [2.24, 2.45) is 0 Å². The van der Waals surface area contributed by atoms with Gasteiger partial charge in [0.15, 0.2) is 5.16 Å². The fraction of sp³-hybridized carbons (Fsp3) is 0.444. The summed E-state index contributed by atoms with van der Waals surface area (Å²) in [5.41, 5.74) is 0.781. The number of carbonyl (C=O) groups is 1. The van der Waals surface area contributed by atoms with Gasteiger partial charge in [0.25, 0.3) is 0 Å². The second-order valence-electron chi connectivity index (χ2n) is 5.85. The second-order valence-corrected chi connectivity index (χ2v) is 6.79. The van der Waals surface area contributed by atoms with Gasteiger partial charge in [-0.1, -0.05) is 24.6 Å². The number of imidazole rings is 1. The molecule has 3 rings (SSSR count). The van der Waals surface area contributed by atoms with Crippen LogP contribution in [0.4, 0.5) is 5.69 Å². The molecular weight excluding hydrogens is 322 g/mol. The van der Waals surface area contributed by atoms with Crippen molar-refractivity contribution in [3.63, 3.8) is 0 Å². The fourth-order valence-electron chi connectivity index (χ4n) is 3.00. The first-order valence-corrected chi connectivity index (χ1v) is 9.43. The number of carbonyl (C=O) groups excluding carboxylic acids is 1. The van der Waals surface area contributed by atoms with Crippen LogP contribution >= 0.6 is 11.8 Å². The van der Waals surface area contributed by atoms with Crippen LogP contribution in [0.2, 0.25) is 0 Å². The molecule has 0 saturated heterocycles. The van der Waals surface area contributed by atoms with Gasteiger partial charge in [0.1, 0.15) is 5.75 Å². The monoisotopic (exact) mass is 345 g/mol. The molecule has 0 radical (unpaired) electrons. The van der Waals surface area contributed by atoms with E-state index in [-0.39, 0.29) is 5.91 Å². The molecule has 1 N–H and O–H groups in total. The first-order valence-electron chi connectivity index (χ1n) is 8.44. The van der Waals surface area contributed by atoms with Crippen molar-refractivity contribution < 1.29 is 9.53 Å². The molecule has 5 nitrogen and oxygen atoms in total. The van der Waals surface area contributed by atoms with Gasteiger partial charge in [0.05, 0.1) is 12.4 Å². The molecule has 0 atom stereocenters. The molecule has 1 saturated carbocycles. The zero-order valence-electron chi connectivity index (χ0n) is 13.9. The van der Waals surface area contributed by atoms with Crippen LogP contribution in [0, 0.1) is 0 Å². The minimum Gasteiger partial charge on any atom is -0.494 e. The maximum atomic E-state index is 12.2. The van der Waals surface area contributed by atoms with Gasteiger partial charge >= 0.3 is 0 Å². The van der Waals surface area contributed by atoms with E-state index in [1.54, 1.807) is 0 Å². The van der Waals surface area contributed by atoms with Crippen LogP contribution in [-0.4, -0.2) is 27.8 Å². The van der Waals surface area contributed by atoms with E-state index in [0.29, 0.717) is 18.4 Å². The van der Waals surface area contributed by atoms with E-state index in [9.17, 15) is 4.79 Å². The Balaban J connectivity index is 1.51. The fourth-order valence-corrected chi connectivity index (χ4v) is 3.83. The van der Waals surface area contributed by atoms with Crippen molar-refractivity contribution >= 4 is 23.4 Å². The van der Waals surface area contributed by atoms with E-state index in [4.69, 9.17) is 4.74 Å². The zero-order chi connectivity index (χ0) is 16.8. The van der Waals surface area contributed by atoms with Crippen LogP contribution in [0.5, 0.6) is 5.75 Å². The molecule has 1 amide bonds. The predicted molar refractivity (Wildman–Crippen MR) is 96.7 cm³/mol. The van der Waals surface area contributed by atoms with Crippen LogP contribution in [-0.2, 0) is 4.79 Å². The number of nitrogens with one attached hydrogen (secondary N) is 1. The van der Waals surface area contributed by atoms with Crippen molar-refractivity contribution in [1.29, 1.82) is 0 Å². The Morgan fingerprint density at radius 1 is 1.33 bits per heavy atom. The summed E-state index contributed by atoms with van der Waals surface area (Å²) < 4.78 is 7.62. The number of ether oxygens (including phenoxy) is 1. The average Bonchev–Trinajstić information content (AvgIpc) is 3.26. The van der Waals surface area contributed by atoms with E-state index in [2.05, 4.69) is 14.9 Å². The van der Waals surface area contributed by atoms with Crippen molar-refractivity contribution in [2.75, 3.05) is 17.7 Å². The largest absolute Gasteiger partial charge is 0.494 e. The number of benzene rings is 1. The molecule has 1 aliphatic rings. The molecule has 0 spiro atoms. The smallest absolute Gasteiger partial charge is 0.234 e. The van der Waals surface area contributed by atoms with Crippen molar-refractivity contribution in [1.82, 2.24) is 9.55 Å². The summed E-state index contributed by atoms with van der Waals surface area (Å²) in [5.74, 6) is 1.14. The highest BCUT2D eigenvalue weighted by Gasteiger charge is 2.19. The first-order chi connectivity index (χ1) is 11.8. The van der Waals surface area contributed by atoms with Gasteiger partial charge < -0.3 is 14.6 Å². The lowest BCUT2D eigenvalue weighted by Gasteiger charge is -2.14. The summed E-state index contributed by atoms with van der Waals surface area (Å²) in [6, 6.07) is 7.97. The first kappa shape index (κ1) is 16.9. The Morgan fingerprint density at radius 3 is 2.79 bits per heavy atom. The van der Waals surface area contributed by atoms with Gasteiger partial charge in [-0.25, -0.2) is 4.98 Å². The lowest BCUT2D eigenvalue weighted by molar-refractivity contribution is -0.113. The number of nitrogens with zero attached hydrogens (tertiary/aromatic N) is 2. The molecule has 1 aromatic heterocycles. The highest BCUT2D eigenvalue weighted by atomic mass is 32.2. The lowest BCUT2D eigenvalue weighted by Crippen LogP contribution is -2.15. The summed E-state index contributed by atoms with van der Waals surface area (Å²) in [4.78, 5) is 16.6. The third-order valence-corrected chi connectivity index (χ3v) is 5.11. The molecule has 2 aromatic rings. The van der Waals surface area contributed by atoms with E-state index >= 15 is 0 Å². The molecule has 1 aromatic carbocycles. The van der Waals surface area contributed by atoms with E-state index in [1.165, 1.54) is 37.4 Å². The van der Waals surface area contributed by atoms with Crippen LogP contribution in [0.3, 0.4) is 0 Å². The van der Waals surface area contributed by atoms with Crippen LogP contribution in [0.1, 0.15) is 38.6 Å². The number of hydrogen-bond donors (Lipinski definition) is 1. The van der Waals surface area contributed by atoms with Gasteiger partial charge in [0.2, 0.25) is 5.91 Å². The van der Waals surface area contributed by atoms with Gasteiger partial charge in [-0.15, -0.1) is 0 Å². The number of thioether (sulfide) groups is 1. The van der Waals surface area contributed by atoms with Gasteiger partial charge in [0, 0.05) is 24.1 Å². The number of amides is 1. The minimum absolute atomic E-state index is 0.0230. The Morgan fingerprint density at radius 2 is 2.08 bits per heavy atom. The summed E-state index contributed by atoms with van der Waals surface area (Å²) in [6.45, 7) is 2.58. The minimum atomic E-state index is -0.0230. The molecule has 1 aliphatic carbocycles. The SMILES string of the molecule is CCOc1ccc(NC(=O)CSc2nccn2C2CCCC2)cc1. The van der Waals surface area contributed by atoms with E-state index < -0.39 is 0 Å². The Labute approximate surface area is 146 Å². The lowest BCUT2D eigenvalue weighted by atomic mass is 10.2. The van der Waals surface area contributed by atoms with E-state index in [1.807, 2.05) is 43.6 Å². The average molecular weight is 345 g/mol. The number of rotatable bonds is 7. The number of hydrogen-bond acceptors (Lipinski definition) is 4. The standard InChI is InChI=1S/C18H23N3O2S/c1-2-23-16-9-7-14(8-10-16)20-17(22)13-24-18-19-11-12-21(18)15-5-3-4-6-15/h7-12,15H,2-6,13H2,1H3,(H,20,22). The molecule has 1 fully saturated rings. The Kier molecular flexibility index (Phi) is 5.80. The molecule has 0 aliphatic heterocycles. The maximum Gasteiger partial charge on any atom is 0.234 e. The van der Waals surface area contributed by atoms with Crippen molar-refractivity contribution in [2.45, 2.75) is 43.8 Å². The third kappa shape index (κ3) is 4.32. The molecule has 0 unspecified atom stereocenters. The number of aromatic nitrogens is 2. The molecule has 0 bridgehead atoms. The summed E-state index contributed by atoms with van der Waals surface area (Å²) in [6.07, 6.45) is 8.84. The van der Waals surface area contributed by atoms with E-state index in [0.717, 1.165) is 16.6 Å². The topological polar surface area (TPSA) is 56.1 Å². The zero-order valence-corrected chi connectivity index (χ0v) is 14.7. The second kappa shape index (κ2) is 8.24. The number of anilines is 1. The van der Waals surface area contributed by atoms with Crippen molar-refractivity contribution in [3.8, 4) is 5.75 Å². The summed E-state index contributed by atoms with van der Waals surface area (Å²) in [7, 11) is 0. The predicted octanol–water partition coefficient (Wildman–Crippen LogP) is 4.13. The highest BCUT2D eigenvalue weighted by molar-refractivity contribution is 7.99. The van der Waals surface area contributed by atoms with Gasteiger partial charge in [-0.05, 0) is 44.0 Å². The van der Waals surface area contributed by atoms with Crippen molar-refractivity contribution in [3.05, 3.63) is 36.7 Å². The van der Waals surface area contributed by atoms with Crippen LogP contribution < -0.4 is 10.1 Å². The van der Waals surface area contributed by atoms with Gasteiger partial charge in [-0.2, -0.15) is 0 Å². The Hall–Kier alpha value is -1.95. The molecule has 24 heavy (non-hydrogen) atoms. The highest BCUT2D eigenvalue weighted by Crippen LogP contribution is 2.32. The molecule has 128 valence electrons. The molecule has 6 heteroatoms. The van der Waals surface area contributed by atoms with Gasteiger partial charge in [-0.3, -0.25) is 4.79 Å². The Bertz CT molecular complexity index is 663. The molecule has 1 heterocycles. The van der Waals surface area contributed by atoms with Crippen LogP contribution in [0.15, 0.2) is 41.8 Å². The van der Waals surface area contributed by atoms with Crippen LogP contribution in [0.25, 0.3) is 0 Å². The molecular formula is C18H23N3O2S.